The molecule has 0 saturated carbocycles. The lowest BCUT2D eigenvalue weighted by Gasteiger charge is -2.39. The number of carbonyl (C=O) groups is 2. The number of pyridine rings is 1. The molecule has 3 heterocycles. The van der Waals surface area contributed by atoms with Crippen molar-refractivity contribution in [1.82, 2.24) is 9.88 Å². The van der Waals surface area contributed by atoms with E-state index >= 15 is 0 Å². The van der Waals surface area contributed by atoms with Crippen LogP contribution >= 0.6 is 0 Å². The summed E-state index contributed by atoms with van der Waals surface area (Å²) in [7, 11) is 0. The Morgan fingerprint density at radius 3 is 2.80 bits per heavy atom. The molecule has 25 heavy (non-hydrogen) atoms. The van der Waals surface area contributed by atoms with Crippen LogP contribution in [0.1, 0.15) is 29.3 Å². The molecule has 0 radical (unpaired) electrons. The van der Waals surface area contributed by atoms with E-state index in [0.29, 0.717) is 23.6 Å². The zero-order valence-corrected chi connectivity index (χ0v) is 14.1. The predicted molar refractivity (Wildman–Crippen MR) is 95.5 cm³/mol. The maximum atomic E-state index is 12.6. The van der Waals surface area contributed by atoms with Gasteiger partial charge in [-0.1, -0.05) is 30.3 Å². The third-order valence-corrected chi connectivity index (χ3v) is 4.88. The van der Waals surface area contributed by atoms with Gasteiger partial charge < -0.3 is 15.1 Å². The lowest BCUT2D eigenvalue weighted by molar-refractivity contribution is -0.117. The summed E-state index contributed by atoms with van der Waals surface area (Å²) in [4.78, 5) is 33.0. The molecule has 2 amide bonds. The van der Waals surface area contributed by atoms with E-state index in [1.54, 1.807) is 17.2 Å². The second-order valence-electron chi connectivity index (χ2n) is 6.55. The highest BCUT2D eigenvalue weighted by Crippen LogP contribution is 2.31. The van der Waals surface area contributed by atoms with Crippen LogP contribution in [-0.4, -0.2) is 40.8 Å². The van der Waals surface area contributed by atoms with Crippen molar-refractivity contribution in [3.05, 3.63) is 53.7 Å². The van der Waals surface area contributed by atoms with Crippen LogP contribution in [0, 0.1) is 0 Å². The van der Waals surface area contributed by atoms with Crippen molar-refractivity contribution in [3.63, 3.8) is 0 Å². The molecule has 0 bridgehead atoms. The van der Waals surface area contributed by atoms with Gasteiger partial charge in [-0.05, 0) is 25.0 Å². The second kappa shape index (κ2) is 6.20. The SMILES string of the molecule is CC1CCN1C(=O)c1cnc2c(c1)N(Cc1ccccc1)C(=O)CN2. The molecular weight excluding hydrogens is 316 g/mol. The quantitative estimate of drug-likeness (QED) is 0.934. The van der Waals surface area contributed by atoms with E-state index in [-0.39, 0.29) is 24.4 Å². The van der Waals surface area contributed by atoms with Gasteiger partial charge in [-0.2, -0.15) is 0 Å². The summed E-state index contributed by atoms with van der Waals surface area (Å²) in [6.07, 6.45) is 2.62. The smallest absolute Gasteiger partial charge is 0.255 e. The van der Waals surface area contributed by atoms with Crippen molar-refractivity contribution < 1.29 is 9.59 Å². The minimum Gasteiger partial charge on any atom is -0.359 e. The van der Waals surface area contributed by atoms with Gasteiger partial charge in [0.15, 0.2) is 5.82 Å². The Morgan fingerprint density at radius 2 is 2.12 bits per heavy atom. The van der Waals surface area contributed by atoms with Crippen molar-refractivity contribution in [2.24, 2.45) is 0 Å². The van der Waals surface area contributed by atoms with Gasteiger partial charge in [0.2, 0.25) is 5.91 Å². The van der Waals surface area contributed by atoms with E-state index < -0.39 is 0 Å². The number of nitrogens with zero attached hydrogens (tertiary/aromatic N) is 3. The highest BCUT2D eigenvalue weighted by molar-refractivity contribution is 6.04. The number of aromatic nitrogens is 1. The summed E-state index contributed by atoms with van der Waals surface area (Å²) >= 11 is 0. The highest BCUT2D eigenvalue weighted by atomic mass is 16.2. The van der Waals surface area contributed by atoms with Crippen LogP contribution in [0.5, 0.6) is 0 Å². The monoisotopic (exact) mass is 336 g/mol. The number of carbonyl (C=O) groups excluding carboxylic acids is 2. The molecule has 1 saturated heterocycles. The van der Waals surface area contributed by atoms with Crippen molar-refractivity contribution >= 4 is 23.3 Å². The van der Waals surface area contributed by atoms with Gasteiger partial charge >= 0.3 is 0 Å². The number of anilines is 2. The largest absolute Gasteiger partial charge is 0.359 e. The van der Waals surface area contributed by atoms with E-state index in [1.165, 1.54) is 0 Å². The minimum atomic E-state index is -0.0277. The average molecular weight is 336 g/mol. The van der Waals surface area contributed by atoms with Crippen molar-refractivity contribution in [2.45, 2.75) is 25.9 Å². The number of hydrogen-bond acceptors (Lipinski definition) is 4. The van der Waals surface area contributed by atoms with E-state index in [0.717, 1.165) is 18.5 Å². The third kappa shape index (κ3) is 2.84. The number of rotatable bonds is 3. The Kier molecular flexibility index (Phi) is 3.87. The van der Waals surface area contributed by atoms with Gasteiger partial charge in [0.25, 0.3) is 5.91 Å². The van der Waals surface area contributed by atoms with Gasteiger partial charge in [-0.15, -0.1) is 0 Å². The fourth-order valence-corrected chi connectivity index (χ4v) is 3.22. The maximum absolute atomic E-state index is 12.6. The molecular formula is C19H20N4O2. The van der Waals surface area contributed by atoms with Gasteiger partial charge in [0.05, 0.1) is 24.3 Å². The molecule has 1 N–H and O–H groups in total. The Labute approximate surface area is 146 Å². The van der Waals surface area contributed by atoms with E-state index in [1.807, 2.05) is 42.2 Å². The molecule has 1 aromatic carbocycles. The normalized spacial score (nSPS) is 19.1. The summed E-state index contributed by atoms with van der Waals surface area (Å²) in [5.74, 6) is 0.593. The minimum absolute atomic E-state index is 0.0215. The number of hydrogen-bond donors (Lipinski definition) is 1. The van der Waals surface area contributed by atoms with Crippen molar-refractivity contribution in [3.8, 4) is 0 Å². The van der Waals surface area contributed by atoms with Crippen LogP contribution in [0.4, 0.5) is 11.5 Å². The molecule has 1 aromatic heterocycles. The van der Waals surface area contributed by atoms with E-state index in [4.69, 9.17) is 0 Å². The first-order valence-corrected chi connectivity index (χ1v) is 8.52. The van der Waals surface area contributed by atoms with Gasteiger partial charge in [0.1, 0.15) is 0 Å². The van der Waals surface area contributed by atoms with Crippen LogP contribution in [-0.2, 0) is 11.3 Å². The fourth-order valence-electron chi connectivity index (χ4n) is 3.22. The molecule has 2 aliphatic heterocycles. The summed E-state index contributed by atoms with van der Waals surface area (Å²) < 4.78 is 0. The fraction of sp³-hybridized carbons (Fsp3) is 0.316. The first-order valence-electron chi connectivity index (χ1n) is 8.52. The van der Waals surface area contributed by atoms with Crippen LogP contribution in [0.2, 0.25) is 0 Å². The number of amides is 2. The second-order valence-corrected chi connectivity index (χ2v) is 6.55. The number of likely N-dealkylation sites (tertiary alicyclic amines) is 1. The molecule has 0 aliphatic carbocycles. The maximum Gasteiger partial charge on any atom is 0.255 e. The lowest BCUT2D eigenvalue weighted by atomic mass is 10.0. The molecule has 4 rings (SSSR count). The zero-order chi connectivity index (χ0) is 17.4. The van der Waals surface area contributed by atoms with Crippen molar-refractivity contribution in [2.75, 3.05) is 23.3 Å². The number of benzene rings is 1. The Morgan fingerprint density at radius 1 is 1.32 bits per heavy atom. The molecule has 6 heteroatoms. The van der Waals surface area contributed by atoms with E-state index in [2.05, 4.69) is 10.3 Å². The Balaban J connectivity index is 1.66. The van der Waals surface area contributed by atoms with Crippen LogP contribution < -0.4 is 10.2 Å². The number of fused-ring (bicyclic) bond motifs is 1. The molecule has 0 spiro atoms. The molecule has 1 unspecified atom stereocenters. The molecule has 1 fully saturated rings. The molecule has 2 aliphatic rings. The molecule has 128 valence electrons. The summed E-state index contributed by atoms with van der Waals surface area (Å²) in [6, 6.07) is 11.9. The van der Waals surface area contributed by atoms with Crippen LogP contribution in [0.3, 0.4) is 0 Å². The topological polar surface area (TPSA) is 65.5 Å². The Hall–Kier alpha value is -2.89. The van der Waals surface area contributed by atoms with Gasteiger partial charge in [-0.3, -0.25) is 9.59 Å². The summed E-state index contributed by atoms with van der Waals surface area (Å²) in [5, 5.41) is 3.03. The first kappa shape index (κ1) is 15.6. The zero-order valence-electron chi connectivity index (χ0n) is 14.1. The van der Waals surface area contributed by atoms with Crippen molar-refractivity contribution in [1.29, 1.82) is 0 Å². The molecule has 6 nitrogen and oxygen atoms in total. The summed E-state index contributed by atoms with van der Waals surface area (Å²) in [6.45, 7) is 3.50. The summed E-state index contributed by atoms with van der Waals surface area (Å²) in [5.41, 5.74) is 2.23. The standard InChI is InChI=1S/C19H20N4O2/c1-13-7-8-22(13)19(25)15-9-16-18(20-10-15)21-11-17(24)23(16)12-14-5-3-2-4-6-14/h2-6,9-10,13H,7-8,11-12H2,1H3,(H,20,21). The lowest BCUT2D eigenvalue weighted by Crippen LogP contribution is -2.49. The third-order valence-electron chi connectivity index (χ3n) is 4.88. The molecule has 1 atom stereocenters. The van der Waals surface area contributed by atoms with Gasteiger partial charge in [-0.25, -0.2) is 4.98 Å². The van der Waals surface area contributed by atoms with Crippen LogP contribution in [0.15, 0.2) is 42.6 Å². The first-order chi connectivity index (χ1) is 12.1. The highest BCUT2D eigenvalue weighted by Gasteiger charge is 2.31. The van der Waals surface area contributed by atoms with Gasteiger partial charge in [0, 0.05) is 18.8 Å². The average Bonchev–Trinajstić information content (AvgIpc) is 2.63. The van der Waals surface area contributed by atoms with E-state index in [9.17, 15) is 9.59 Å². The number of nitrogens with one attached hydrogen (secondary N) is 1. The van der Waals surface area contributed by atoms with Crippen LogP contribution in [0.25, 0.3) is 0 Å². The predicted octanol–water partition coefficient (Wildman–Crippen LogP) is 2.27. The molecule has 2 aromatic rings. The Bertz CT molecular complexity index is 821.